The van der Waals surface area contributed by atoms with Crippen molar-refractivity contribution < 1.29 is 14.0 Å². The summed E-state index contributed by atoms with van der Waals surface area (Å²) < 4.78 is 13.7. The zero-order chi connectivity index (χ0) is 22.3. The number of fused-ring (bicyclic) bond motifs is 1. The first-order valence-corrected chi connectivity index (χ1v) is 12.0. The molecule has 2 saturated heterocycles. The average Bonchev–Trinajstić information content (AvgIpc) is 3.23. The number of nitrogens with zero attached hydrogens (tertiary/aromatic N) is 4. The Morgan fingerprint density at radius 3 is 2.94 bits per heavy atom. The molecule has 5 rings (SSSR count). The second kappa shape index (κ2) is 8.24. The lowest BCUT2D eigenvalue weighted by molar-refractivity contribution is -0.129. The molecule has 0 radical (unpaired) electrons. The summed E-state index contributed by atoms with van der Waals surface area (Å²) in [7, 11) is 0. The van der Waals surface area contributed by atoms with Crippen LogP contribution in [-0.4, -0.2) is 65.2 Å². The second-order valence-corrected chi connectivity index (χ2v) is 9.89. The van der Waals surface area contributed by atoms with Gasteiger partial charge in [0.25, 0.3) is 5.91 Å². The maximum atomic E-state index is 13.7. The van der Waals surface area contributed by atoms with Crippen LogP contribution in [0.3, 0.4) is 0 Å². The first kappa shape index (κ1) is 21.0. The zero-order valence-electron chi connectivity index (χ0n) is 17.6. The normalized spacial score (nSPS) is 23.5. The van der Waals surface area contributed by atoms with Gasteiger partial charge in [-0.3, -0.25) is 14.6 Å². The number of alkyl halides is 1. The Morgan fingerprint density at radius 2 is 2.19 bits per heavy atom. The molecule has 2 aliphatic heterocycles. The standard InChI is InChI=1S/C23H24FN5O2S/c24-9-16-8-23(4-5-23)13-28(16)15-1-2-20-19(7-15)18(3-6-26-20)22(31)27-11-21(30)29-14-32-12-17(29)10-25/h1-3,6-7,16-17H,4-5,8-9,11-14H2,(H,27,31)/t16-,17-/m1/s1. The number of benzene rings is 1. The van der Waals surface area contributed by atoms with Gasteiger partial charge in [-0.1, -0.05) is 0 Å². The lowest BCUT2D eigenvalue weighted by Crippen LogP contribution is -2.42. The number of carbonyl (C=O) groups is 2. The van der Waals surface area contributed by atoms with E-state index in [-0.39, 0.29) is 36.5 Å². The van der Waals surface area contributed by atoms with Crippen molar-refractivity contribution in [1.82, 2.24) is 15.2 Å². The van der Waals surface area contributed by atoms with Crippen LogP contribution in [0.1, 0.15) is 29.6 Å². The molecule has 1 N–H and O–H groups in total. The number of rotatable bonds is 5. The topological polar surface area (TPSA) is 89.3 Å². The molecule has 1 aliphatic carbocycles. The van der Waals surface area contributed by atoms with Crippen molar-refractivity contribution >= 4 is 40.2 Å². The Labute approximate surface area is 189 Å². The van der Waals surface area contributed by atoms with Gasteiger partial charge in [0.1, 0.15) is 12.7 Å². The molecule has 7 nitrogen and oxygen atoms in total. The molecule has 1 saturated carbocycles. The van der Waals surface area contributed by atoms with Gasteiger partial charge in [-0.05, 0) is 48.9 Å². The lowest BCUT2D eigenvalue weighted by Gasteiger charge is -2.25. The third kappa shape index (κ3) is 3.77. The Kier molecular flexibility index (Phi) is 5.41. The molecular weight excluding hydrogens is 429 g/mol. The van der Waals surface area contributed by atoms with E-state index in [2.05, 4.69) is 21.3 Å². The van der Waals surface area contributed by atoms with Gasteiger partial charge >= 0.3 is 0 Å². The molecule has 1 aromatic carbocycles. The van der Waals surface area contributed by atoms with E-state index in [9.17, 15) is 14.0 Å². The first-order chi connectivity index (χ1) is 15.5. The van der Waals surface area contributed by atoms with E-state index in [0.717, 1.165) is 31.5 Å². The summed E-state index contributed by atoms with van der Waals surface area (Å²) in [4.78, 5) is 33.4. The molecular formula is C23H24FN5O2S. The summed E-state index contributed by atoms with van der Waals surface area (Å²) in [5.74, 6) is 0.407. The molecule has 2 amide bonds. The number of hydrogen-bond donors (Lipinski definition) is 1. The Balaban J connectivity index is 1.36. The molecule has 2 aromatic rings. The molecule has 1 aromatic heterocycles. The number of nitriles is 1. The molecule has 0 bridgehead atoms. The van der Waals surface area contributed by atoms with Crippen LogP contribution in [0.4, 0.5) is 10.1 Å². The van der Waals surface area contributed by atoms with E-state index in [4.69, 9.17) is 5.26 Å². The van der Waals surface area contributed by atoms with Gasteiger partial charge in [0.15, 0.2) is 0 Å². The second-order valence-electron chi connectivity index (χ2n) is 8.89. The van der Waals surface area contributed by atoms with Crippen LogP contribution in [0.15, 0.2) is 30.5 Å². The molecule has 0 unspecified atom stereocenters. The van der Waals surface area contributed by atoms with Gasteiger partial charge in [-0.2, -0.15) is 5.26 Å². The maximum absolute atomic E-state index is 13.7. The van der Waals surface area contributed by atoms with E-state index in [1.165, 1.54) is 16.7 Å². The summed E-state index contributed by atoms with van der Waals surface area (Å²) in [5.41, 5.74) is 2.25. The third-order valence-electron chi connectivity index (χ3n) is 6.80. The van der Waals surface area contributed by atoms with Crippen molar-refractivity contribution in [3.63, 3.8) is 0 Å². The molecule has 166 valence electrons. The molecule has 3 heterocycles. The minimum Gasteiger partial charge on any atom is -0.365 e. The van der Waals surface area contributed by atoms with Crippen molar-refractivity contribution in [2.75, 3.05) is 36.3 Å². The van der Waals surface area contributed by atoms with Crippen molar-refractivity contribution in [3.8, 4) is 6.07 Å². The predicted molar refractivity (Wildman–Crippen MR) is 121 cm³/mol. The molecule has 3 fully saturated rings. The van der Waals surface area contributed by atoms with Gasteiger partial charge < -0.3 is 15.1 Å². The number of pyridine rings is 1. The first-order valence-electron chi connectivity index (χ1n) is 10.8. The maximum Gasteiger partial charge on any atom is 0.252 e. The number of thioether (sulfide) groups is 1. The van der Waals surface area contributed by atoms with E-state index in [0.29, 0.717) is 28.1 Å². The zero-order valence-corrected chi connectivity index (χ0v) is 18.4. The van der Waals surface area contributed by atoms with Gasteiger partial charge in [0, 0.05) is 29.6 Å². The highest BCUT2D eigenvalue weighted by Gasteiger charge is 2.51. The Bertz CT molecular complexity index is 1120. The summed E-state index contributed by atoms with van der Waals surface area (Å²) in [6.07, 6.45) is 4.75. The van der Waals surface area contributed by atoms with Crippen LogP contribution in [0.5, 0.6) is 0 Å². The predicted octanol–water partition coefficient (Wildman–Crippen LogP) is 2.72. The minimum absolute atomic E-state index is 0.132. The van der Waals surface area contributed by atoms with Gasteiger partial charge in [-0.25, -0.2) is 4.39 Å². The molecule has 1 spiro atoms. The van der Waals surface area contributed by atoms with Crippen LogP contribution >= 0.6 is 11.8 Å². The van der Waals surface area contributed by atoms with Crippen LogP contribution in [0.2, 0.25) is 0 Å². The summed E-state index contributed by atoms with van der Waals surface area (Å²) in [6.45, 7) is 0.289. The highest BCUT2D eigenvalue weighted by molar-refractivity contribution is 7.99. The smallest absolute Gasteiger partial charge is 0.252 e. The number of nitrogens with one attached hydrogen (secondary N) is 1. The van der Waals surface area contributed by atoms with E-state index in [1.807, 2.05) is 18.2 Å². The van der Waals surface area contributed by atoms with Gasteiger partial charge in [0.2, 0.25) is 5.91 Å². The van der Waals surface area contributed by atoms with Gasteiger partial charge in [-0.15, -0.1) is 11.8 Å². The summed E-state index contributed by atoms with van der Waals surface area (Å²) in [6, 6.07) is 8.88. The van der Waals surface area contributed by atoms with E-state index >= 15 is 0 Å². The number of anilines is 1. The summed E-state index contributed by atoms with van der Waals surface area (Å²) in [5, 5.41) is 12.5. The van der Waals surface area contributed by atoms with Gasteiger partial charge in [0.05, 0.1) is 35.6 Å². The van der Waals surface area contributed by atoms with E-state index in [1.54, 1.807) is 12.3 Å². The molecule has 9 heteroatoms. The van der Waals surface area contributed by atoms with Crippen molar-refractivity contribution in [3.05, 3.63) is 36.0 Å². The molecule has 3 aliphatic rings. The quantitative estimate of drug-likeness (QED) is 0.749. The van der Waals surface area contributed by atoms with Crippen LogP contribution < -0.4 is 10.2 Å². The van der Waals surface area contributed by atoms with Crippen molar-refractivity contribution in [2.24, 2.45) is 5.41 Å². The van der Waals surface area contributed by atoms with Crippen molar-refractivity contribution in [2.45, 2.75) is 31.3 Å². The number of hydrogen-bond acceptors (Lipinski definition) is 6. The number of halogens is 1. The highest BCUT2D eigenvalue weighted by atomic mass is 32.2. The van der Waals surface area contributed by atoms with Crippen molar-refractivity contribution in [1.29, 1.82) is 5.26 Å². The van der Waals surface area contributed by atoms with E-state index < -0.39 is 6.04 Å². The molecule has 2 atom stereocenters. The third-order valence-corrected chi connectivity index (χ3v) is 7.82. The Morgan fingerprint density at radius 1 is 1.34 bits per heavy atom. The largest absolute Gasteiger partial charge is 0.365 e. The minimum atomic E-state index is -0.451. The van der Waals surface area contributed by atoms with Crippen LogP contribution in [-0.2, 0) is 4.79 Å². The number of amides is 2. The molecule has 32 heavy (non-hydrogen) atoms. The van der Waals surface area contributed by atoms with Crippen LogP contribution in [0.25, 0.3) is 10.9 Å². The average molecular weight is 454 g/mol. The monoisotopic (exact) mass is 453 g/mol. The fraction of sp³-hybridized carbons (Fsp3) is 0.478. The highest BCUT2D eigenvalue weighted by Crippen LogP contribution is 2.55. The Hall–Kier alpha value is -2.86. The number of aromatic nitrogens is 1. The number of carbonyl (C=O) groups excluding carboxylic acids is 2. The van der Waals surface area contributed by atoms with Crippen LogP contribution in [0, 0.1) is 16.7 Å². The fourth-order valence-electron chi connectivity index (χ4n) is 4.80. The lowest BCUT2D eigenvalue weighted by atomic mass is 10.0. The summed E-state index contributed by atoms with van der Waals surface area (Å²) >= 11 is 1.53. The SMILES string of the molecule is N#C[C@@H]1CSCN1C(=O)CNC(=O)c1ccnc2ccc(N3CC4(CC4)C[C@@H]3CF)cc12. The fourth-order valence-corrected chi connectivity index (χ4v) is 5.91.